The molecule has 1 atom stereocenters. The highest BCUT2D eigenvalue weighted by Gasteiger charge is 2.47. The summed E-state index contributed by atoms with van der Waals surface area (Å²) in [5.41, 5.74) is 0. The first-order chi connectivity index (χ1) is 3.11. The van der Waals surface area contributed by atoms with Crippen molar-refractivity contribution < 1.29 is 13.2 Å². The second-order valence-electron chi connectivity index (χ2n) is 1.62. The molecule has 1 fully saturated rings. The van der Waals surface area contributed by atoms with E-state index >= 15 is 0 Å². The van der Waals surface area contributed by atoms with Gasteiger partial charge in [-0.3, -0.25) is 0 Å². The molecular formula is C4H4F3. The summed E-state index contributed by atoms with van der Waals surface area (Å²) in [4.78, 5) is 0. The molecule has 0 aromatic heterocycles. The number of alkyl halides is 3. The van der Waals surface area contributed by atoms with Crippen molar-refractivity contribution in [3.8, 4) is 0 Å². The van der Waals surface area contributed by atoms with Crippen LogP contribution in [0.5, 0.6) is 0 Å². The second-order valence-corrected chi connectivity index (χ2v) is 1.62. The summed E-state index contributed by atoms with van der Waals surface area (Å²) in [6, 6.07) is 0. The molecule has 1 rings (SSSR count). The molecule has 0 saturated heterocycles. The lowest BCUT2D eigenvalue weighted by Gasteiger charge is -1.99. The zero-order valence-electron chi connectivity index (χ0n) is 3.50. The molecule has 1 saturated carbocycles. The first kappa shape index (κ1) is 4.94. The fraction of sp³-hybridized carbons (Fsp3) is 0.750. The zero-order valence-corrected chi connectivity index (χ0v) is 3.50. The Labute approximate surface area is 39.3 Å². The molecule has 0 heterocycles. The first-order valence-electron chi connectivity index (χ1n) is 2.01. The van der Waals surface area contributed by atoms with Crippen LogP contribution >= 0.6 is 0 Å². The summed E-state index contributed by atoms with van der Waals surface area (Å²) in [7, 11) is 0. The van der Waals surface area contributed by atoms with Crippen LogP contribution in [0.3, 0.4) is 0 Å². The molecule has 0 bridgehead atoms. The topological polar surface area (TPSA) is 0 Å². The highest BCUT2D eigenvalue weighted by molar-refractivity contribution is 4.99. The van der Waals surface area contributed by atoms with Crippen molar-refractivity contribution in [3.63, 3.8) is 0 Å². The SMILES string of the molecule is FC(F)(F)C1[CH]C1. The standard InChI is InChI=1S/C4H4F3/c5-4(6,7)3-1-2-3/h1,3H,2H2. The fourth-order valence-corrected chi connectivity index (χ4v) is 0.335. The maximum Gasteiger partial charge on any atom is 0.392 e. The highest BCUT2D eigenvalue weighted by Crippen LogP contribution is 2.42. The number of hydrogen-bond donors (Lipinski definition) is 0. The minimum Gasteiger partial charge on any atom is -0.171 e. The Balaban J connectivity index is 2.36. The minimum atomic E-state index is -3.94. The van der Waals surface area contributed by atoms with Gasteiger partial charge in [0.25, 0.3) is 0 Å². The van der Waals surface area contributed by atoms with Crippen LogP contribution in [0, 0.1) is 12.3 Å². The molecule has 41 valence electrons. The zero-order chi connectivity index (χ0) is 5.49. The largest absolute Gasteiger partial charge is 0.392 e. The van der Waals surface area contributed by atoms with E-state index in [-0.39, 0.29) is 6.42 Å². The average molecular weight is 109 g/mol. The van der Waals surface area contributed by atoms with Crippen molar-refractivity contribution in [1.82, 2.24) is 0 Å². The van der Waals surface area contributed by atoms with Gasteiger partial charge in [0, 0.05) is 0 Å². The smallest absolute Gasteiger partial charge is 0.171 e. The molecule has 0 nitrogen and oxygen atoms in total. The Kier molecular flexibility index (Phi) is 0.805. The molecule has 0 aliphatic heterocycles. The third kappa shape index (κ3) is 1.08. The molecule has 1 radical (unpaired) electrons. The van der Waals surface area contributed by atoms with Gasteiger partial charge in [-0.05, 0) is 12.8 Å². The van der Waals surface area contributed by atoms with Gasteiger partial charge < -0.3 is 0 Å². The van der Waals surface area contributed by atoms with Crippen molar-refractivity contribution >= 4 is 0 Å². The molecule has 0 N–H and O–H groups in total. The second kappa shape index (κ2) is 1.14. The normalized spacial score (nSPS) is 22.7. The van der Waals surface area contributed by atoms with Gasteiger partial charge in [0.05, 0.1) is 5.92 Å². The maximum absolute atomic E-state index is 11.2. The van der Waals surface area contributed by atoms with Gasteiger partial charge in [-0.1, -0.05) is 0 Å². The summed E-state index contributed by atoms with van der Waals surface area (Å²) in [5.74, 6) is -1.08. The molecule has 1 aliphatic rings. The van der Waals surface area contributed by atoms with Gasteiger partial charge in [0.15, 0.2) is 0 Å². The van der Waals surface area contributed by atoms with Crippen LogP contribution in [0.15, 0.2) is 0 Å². The summed E-state index contributed by atoms with van der Waals surface area (Å²) in [6.45, 7) is 0. The van der Waals surface area contributed by atoms with Gasteiger partial charge in [-0.15, -0.1) is 0 Å². The Morgan fingerprint density at radius 1 is 1.43 bits per heavy atom. The lowest BCUT2D eigenvalue weighted by Crippen LogP contribution is -2.09. The predicted molar refractivity (Wildman–Crippen MR) is 18.5 cm³/mol. The van der Waals surface area contributed by atoms with E-state index in [1.54, 1.807) is 0 Å². The fourth-order valence-electron chi connectivity index (χ4n) is 0.335. The Bertz CT molecular complexity index is 69.5. The Hall–Kier alpha value is -0.210. The first-order valence-corrected chi connectivity index (χ1v) is 2.01. The van der Waals surface area contributed by atoms with E-state index in [4.69, 9.17) is 0 Å². The molecule has 1 unspecified atom stereocenters. The molecular weight excluding hydrogens is 105 g/mol. The van der Waals surface area contributed by atoms with E-state index < -0.39 is 12.1 Å². The summed E-state index contributed by atoms with van der Waals surface area (Å²) >= 11 is 0. The molecule has 7 heavy (non-hydrogen) atoms. The lowest BCUT2D eigenvalue weighted by atomic mass is 10.4. The Morgan fingerprint density at radius 3 is 1.86 bits per heavy atom. The number of hydrogen-bond acceptors (Lipinski definition) is 0. The monoisotopic (exact) mass is 109 g/mol. The molecule has 0 amide bonds. The van der Waals surface area contributed by atoms with Crippen LogP contribution in [0.25, 0.3) is 0 Å². The van der Waals surface area contributed by atoms with E-state index in [2.05, 4.69) is 0 Å². The molecule has 3 heteroatoms. The molecule has 0 aromatic rings. The lowest BCUT2D eigenvalue weighted by molar-refractivity contribution is -0.144. The number of rotatable bonds is 0. The summed E-state index contributed by atoms with van der Waals surface area (Å²) < 4.78 is 33.6. The minimum absolute atomic E-state index is 0.226. The van der Waals surface area contributed by atoms with Gasteiger partial charge in [-0.25, -0.2) is 0 Å². The molecule has 0 spiro atoms. The highest BCUT2D eigenvalue weighted by atomic mass is 19.4. The van der Waals surface area contributed by atoms with E-state index in [0.29, 0.717) is 0 Å². The Morgan fingerprint density at radius 2 is 1.86 bits per heavy atom. The van der Waals surface area contributed by atoms with Gasteiger partial charge in [-0.2, -0.15) is 13.2 Å². The van der Waals surface area contributed by atoms with Gasteiger partial charge >= 0.3 is 6.18 Å². The molecule has 0 aromatic carbocycles. The van der Waals surface area contributed by atoms with Gasteiger partial charge in [0.2, 0.25) is 0 Å². The van der Waals surface area contributed by atoms with E-state index in [1.165, 1.54) is 6.42 Å². The van der Waals surface area contributed by atoms with Crippen LogP contribution in [-0.2, 0) is 0 Å². The van der Waals surface area contributed by atoms with Crippen LogP contribution in [0.1, 0.15) is 6.42 Å². The molecule has 1 aliphatic carbocycles. The average Bonchev–Trinajstić information content (AvgIpc) is 1.99. The van der Waals surface area contributed by atoms with Crippen LogP contribution in [0.2, 0.25) is 0 Å². The van der Waals surface area contributed by atoms with Crippen molar-refractivity contribution in [3.05, 3.63) is 6.42 Å². The van der Waals surface area contributed by atoms with Crippen molar-refractivity contribution in [2.75, 3.05) is 0 Å². The van der Waals surface area contributed by atoms with Crippen molar-refractivity contribution in [1.29, 1.82) is 0 Å². The number of halogens is 3. The van der Waals surface area contributed by atoms with Crippen LogP contribution < -0.4 is 0 Å². The third-order valence-corrected chi connectivity index (χ3v) is 0.892. The predicted octanol–water partition coefficient (Wildman–Crippen LogP) is 1.77. The van der Waals surface area contributed by atoms with Gasteiger partial charge in [0.1, 0.15) is 0 Å². The van der Waals surface area contributed by atoms with E-state index in [0.717, 1.165) is 0 Å². The van der Waals surface area contributed by atoms with Crippen LogP contribution in [0.4, 0.5) is 13.2 Å². The van der Waals surface area contributed by atoms with Crippen LogP contribution in [-0.4, -0.2) is 6.18 Å². The summed E-state index contributed by atoms with van der Waals surface area (Å²) in [6.07, 6.45) is -2.47. The van der Waals surface area contributed by atoms with Crippen molar-refractivity contribution in [2.45, 2.75) is 12.6 Å². The van der Waals surface area contributed by atoms with E-state index in [1.807, 2.05) is 0 Å². The maximum atomic E-state index is 11.2. The van der Waals surface area contributed by atoms with E-state index in [9.17, 15) is 13.2 Å². The summed E-state index contributed by atoms with van der Waals surface area (Å²) in [5, 5.41) is 0. The quantitative estimate of drug-likeness (QED) is 0.444. The van der Waals surface area contributed by atoms with Crippen molar-refractivity contribution in [2.24, 2.45) is 5.92 Å². The third-order valence-electron chi connectivity index (χ3n) is 0.892.